The van der Waals surface area contributed by atoms with Crippen molar-refractivity contribution in [2.75, 3.05) is 0 Å². The number of hydrogen-bond acceptors (Lipinski definition) is 1. The van der Waals surface area contributed by atoms with Gasteiger partial charge in [-0.3, -0.25) is 0 Å². The SMILES string of the molecule is Cc1cccc(C(N)CCc2ccccc2C)c1. The van der Waals surface area contributed by atoms with Crippen LogP contribution in [0.5, 0.6) is 0 Å². The van der Waals surface area contributed by atoms with Crippen molar-refractivity contribution in [2.24, 2.45) is 5.73 Å². The maximum Gasteiger partial charge on any atom is 0.0298 e. The van der Waals surface area contributed by atoms with Gasteiger partial charge in [0, 0.05) is 6.04 Å². The van der Waals surface area contributed by atoms with Gasteiger partial charge in [0.15, 0.2) is 0 Å². The normalized spacial score (nSPS) is 12.4. The van der Waals surface area contributed by atoms with Gasteiger partial charge in [-0.05, 0) is 43.4 Å². The Morgan fingerprint density at radius 1 is 1.00 bits per heavy atom. The van der Waals surface area contributed by atoms with Crippen LogP contribution in [0.3, 0.4) is 0 Å². The molecule has 1 unspecified atom stereocenters. The van der Waals surface area contributed by atoms with Crippen LogP contribution in [-0.4, -0.2) is 0 Å². The average molecular weight is 239 g/mol. The summed E-state index contributed by atoms with van der Waals surface area (Å²) in [6, 6.07) is 17.2. The molecular weight excluding hydrogens is 218 g/mol. The van der Waals surface area contributed by atoms with E-state index in [-0.39, 0.29) is 6.04 Å². The van der Waals surface area contributed by atoms with Gasteiger partial charge in [0.1, 0.15) is 0 Å². The molecule has 0 aliphatic carbocycles. The highest BCUT2D eigenvalue weighted by Crippen LogP contribution is 2.19. The van der Waals surface area contributed by atoms with Gasteiger partial charge in [-0.2, -0.15) is 0 Å². The first-order valence-electron chi connectivity index (χ1n) is 6.53. The van der Waals surface area contributed by atoms with E-state index in [0.29, 0.717) is 0 Å². The molecule has 0 amide bonds. The molecule has 2 aromatic carbocycles. The maximum absolute atomic E-state index is 6.26. The first-order chi connectivity index (χ1) is 8.66. The van der Waals surface area contributed by atoms with Gasteiger partial charge < -0.3 is 5.73 Å². The molecule has 2 rings (SSSR count). The molecule has 0 bridgehead atoms. The molecule has 2 N–H and O–H groups in total. The Morgan fingerprint density at radius 3 is 2.50 bits per heavy atom. The molecule has 0 fully saturated rings. The maximum atomic E-state index is 6.26. The van der Waals surface area contributed by atoms with Crippen molar-refractivity contribution in [2.45, 2.75) is 32.7 Å². The van der Waals surface area contributed by atoms with Crippen LogP contribution in [0.4, 0.5) is 0 Å². The largest absolute Gasteiger partial charge is 0.324 e. The topological polar surface area (TPSA) is 26.0 Å². The van der Waals surface area contributed by atoms with Crippen LogP contribution in [-0.2, 0) is 6.42 Å². The molecule has 1 nitrogen and oxygen atoms in total. The second-order valence-corrected chi connectivity index (χ2v) is 4.99. The van der Waals surface area contributed by atoms with Crippen molar-refractivity contribution in [3.05, 3.63) is 70.8 Å². The van der Waals surface area contributed by atoms with E-state index in [9.17, 15) is 0 Å². The lowest BCUT2D eigenvalue weighted by molar-refractivity contribution is 0.649. The number of hydrogen-bond donors (Lipinski definition) is 1. The highest BCUT2D eigenvalue weighted by molar-refractivity contribution is 5.27. The Hall–Kier alpha value is -1.60. The third kappa shape index (κ3) is 3.21. The Kier molecular flexibility index (Phi) is 4.16. The average Bonchev–Trinajstić information content (AvgIpc) is 2.37. The minimum absolute atomic E-state index is 0.129. The minimum Gasteiger partial charge on any atom is -0.324 e. The summed E-state index contributed by atoms with van der Waals surface area (Å²) < 4.78 is 0. The Balaban J connectivity index is 2.00. The third-order valence-electron chi connectivity index (χ3n) is 3.46. The zero-order valence-electron chi connectivity index (χ0n) is 11.2. The highest BCUT2D eigenvalue weighted by Gasteiger charge is 2.07. The van der Waals surface area contributed by atoms with Crippen LogP contribution in [0.25, 0.3) is 0 Å². The summed E-state index contributed by atoms with van der Waals surface area (Å²) in [6.07, 6.45) is 2.04. The molecule has 0 aliphatic heterocycles. The van der Waals surface area contributed by atoms with E-state index in [1.54, 1.807) is 0 Å². The zero-order chi connectivity index (χ0) is 13.0. The van der Waals surface area contributed by atoms with E-state index in [2.05, 4.69) is 62.4 Å². The molecule has 18 heavy (non-hydrogen) atoms. The van der Waals surface area contributed by atoms with Crippen LogP contribution >= 0.6 is 0 Å². The van der Waals surface area contributed by atoms with Crippen molar-refractivity contribution >= 4 is 0 Å². The number of nitrogens with two attached hydrogens (primary N) is 1. The van der Waals surface area contributed by atoms with E-state index < -0.39 is 0 Å². The first kappa shape index (κ1) is 12.8. The van der Waals surface area contributed by atoms with Crippen LogP contribution in [0.15, 0.2) is 48.5 Å². The van der Waals surface area contributed by atoms with Gasteiger partial charge in [0.2, 0.25) is 0 Å². The molecule has 0 spiro atoms. The Morgan fingerprint density at radius 2 is 1.78 bits per heavy atom. The summed E-state index contributed by atoms with van der Waals surface area (Å²) in [5.74, 6) is 0. The second-order valence-electron chi connectivity index (χ2n) is 4.99. The van der Waals surface area contributed by atoms with E-state index in [4.69, 9.17) is 5.73 Å². The monoisotopic (exact) mass is 239 g/mol. The van der Waals surface area contributed by atoms with Crippen molar-refractivity contribution in [3.63, 3.8) is 0 Å². The summed E-state index contributed by atoms with van der Waals surface area (Å²) in [6.45, 7) is 4.27. The predicted molar refractivity (Wildman–Crippen MR) is 77.6 cm³/mol. The van der Waals surface area contributed by atoms with E-state index >= 15 is 0 Å². The number of benzene rings is 2. The number of rotatable bonds is 4. The molecule has 94 valence electrons. The molecule has 2 aromatic rings. The fraction of sp³-hybridized carbons (Fsp3) is 0.294. The first-order valence-corrected chi connectivity index (χ1v) is 6.53. The highest BCUT2D eigenvalue weighted by atomic mass is 14.6. The molecule has 0 heterocycles. The molecule has 0 aromatic heterocycles. The van der Waals surface area contributed by atoms with Crippen molar-refractivity contribution in [1.29, 1.82) is 0 Å². The van der Waals surface area contributed by atoms with Crippen molar-refractivity contribution in [1.82, 2.24) is 0 Å². The summed E-state index contributed by atoms with van der Waals surface area (Å²) in [4.78, 5) is 0. The Bertz CT molecular complexity index is 517. The lowest BCUT2D eigenvalue weighted by Gasteiger charge is -2.13. The molecule has 1 atom stereocenters. The van der Waals surface area contributed by atoms with E-state index in [0.717, 1.165) is 12.8 Å². The number of aryl methyl sites for hydroxylation is 3. The summed E-state index contributed by atoms with van der Waals surface area (Å²) >= 11 is 0. The second kappa shape index (κ2) is 5.83. The van der Waals surface area contributed by atoms with Gasteiger partial charge in [0.05, 0.1) is 0 Å². The van der Waals surface area contributed by atoms with Crippen LogP contribution in [0.1, 0.15) is 34.7 Å². The van der Waals surface area contributed by atoms with Gasteiger partial charge in [-0.25, -0.2) is 0 Å². The zero-order valence-corrected chi connectivity index (χ0v) is 11.2. The van der Waals surface area contributed by atoms with Crippen molar-refractivity contribution in [3.8, 4) is 0 Å². The van der Waals surface area contributed by atoms with Crippen LogP contribution in [0, 0.1) is 13.8 Å². The van der Waals surface area contributed by atoms with E-state index in [1.165, 1.54) is 22.3 Å². The summed E-state index contributed by atoms with van der Waals surface area (Å²) in [5, 5.41) is 0. The third-order valence-corrected chi connectivity index (χ3v) is 3.46. The summed E-state index contributed by atoms with van der Waals surface area (Å²) in [5.41, 5.74) is 11.5. The fourth-order valence-electron chi connectivity index (χ4n) is 2.27. The molecule has 0 aliphatic rings. The van der Waals surface area contributed by atoms with Gasteiger partial charge in [-0.15, -0.1) is 0 Å². The molecule has 0 saturated carbocycles. The predicted octanol–water partition coefficient (Wildman–Crippen LogP) is 3.94. The van der Waals surface area contributed by atoms with E-state index in [1.807, 2.05) is 0 Å². The molecule has 1 heteroatoms. The smallest absolute Gasteiger partial charge is 0.0298 e. The minimum atomic E-state index is 0.129. The lowest BCUT2D eigenvalue weighted by atomic mass is 9.97. The fourth-order valence-corrected chi connectivity index (χ4v) is 2.27. The van der Waals surface area contributed by atoms with Crippen molar-refractivity contribution < 1.29 is 0 Å². The van der Waals surface area contributed by atoms with Crippen LogP contribution in [0.2, 0.25) is 0 Å². The van der Waals surface area contributed by atoms with Gasteiger partial charge in [0.25, 0.3) is 0 Å². The van der Waals surface area contributed by atoms with Gasteiger partial charge in [-0.1, -0.05) is 54.1 Å². The molecule has 0 saturated heterocycles. The van der Waals surface area contributed by atoms with Crippen LogP contribution < -0.4 is 5.73 Å². The quantitative estimate of drug-likeness (QED) is 0.859. The molecule has 0 radical (unpaired) electrons. The summed E-state index contributed by atoms with van der Waals surface area (Å²) in [7, 11) is 0. The standard InChI is InChI=1S/C17H21N/c1-13-6-5-9-16(12-13)17(18)11-10-15-8-4-3-7-14(15)2/h3-9,12,17H,10-11,18H2,1-2H3. The van der Waals surface area contributed by atoms with Gasteiger partial charge >= 0.3 is 0 Å². The lowest BCUT2D eigenvalue weighted by Crippen LogP contribution is -2.11. The Labute approximate surface area is 110 Å². The molecular formula is C17H21N.